The lowest BCUT2D eigenvalue weighted by Crippen LogP contribution is -3.29. The SMILES string of the molecule is C[C@@H](C(=O)N1CCc2ccccc21)[NH+]1CC[NH+](Cc2ccccc2)CC1. The number of carbonyl (C=O) groups excluding carboxylic acids is 1. The van der Waals surface area contributed by atoms with Crippen molar-refractivity contribution in [3.05, 3.63) is 65.7 Å². The second-order valence-corrected chi connectivity index (χ2v) is 7.66. The van der Waals surface area contributed by atoms with E-state index in [4.69, 9.17) is 0 Å². The van der Waals surface area contributed by atoms with Crippen LogP contribution < -0.4 is 14.7 Å². The van der Waals surface area contributed by atoms with Crippen molar-refractivity contribution in [2.45, 2.75) is 25.9 Å². The van der Waals surface area contributed by atoms with E-state index in [1.807, 2.05) is 11.0 Å². The molecule has 0 unspecified atom stereocenters. The van der Waals surface area contributed by atoms with Crippen LogP contribution >= 0.6 is 0 Å². The molecule has 0 aliphatic carbocycles. The Hall–Kier alpha value is -2.17. The lowest BCUT2D eigenvalue weighted by molar-refractivity contribution is -1.02. The Balaban J connectivity index is 1.34. The highest BCUT2D eigenvalue weighted by molar-refractivity contribution is 5.97. The molecular weight excluding hydrogens is 322 g/mol. The normalized spacial score (nSPS) is 23.5. The van der Waals surface area contributed by atoms with Crippen molar-refractivity contribution in [3.63, 3.8) is 0 Å². The summed E-state index contributed by atoms with van der Waals surface area (Å²) >= 11 is 0. The van der Waals surface area contributed by atoms with Gasteiger partial charge >= 0.3 is 0 Å². The Bertz CT molecular complexity index is 753. The quantitative estimate of drug-likeness (QED) is 0.795. The molecule has 0 saturated carbocycles. The van der Waals surface area contributed by atoms with Gasteiger partial charge in [-0.05, 0) is 25.0 Å². The fraction of sp³-hybridized carbons (Fsp3) is 0.409. The van der Waals surface area contributed by atoms with E-state index in [0.717, 1.165) is 51.4 Å². The predicted octanol–water partition coefficient (Wildman–Crippen LogP) is -0.0522. The molecule has 1 fully saturated rings. The van der Waals surface area contributed by atoms with Crippen LogP contribution in [-0.2, 0) is 17.8 Å². The van der Waals surface area contributed by atoms with Gasteiger partial charge in [-0.2, -0.15) is 0 Å². The van der Waals surface area contributed by atoms with Gasteiger partial charge in [0, 0.05) is 17.8 Å². The summed E-state index contributed by atoms with van der Waals surface area (Å²) in [6, 6.07) is 19.1. The van der Waals surface area contributed by atoms with Crippen LogP contribution in [-0.4, -0.2) is 44.7 Å². The lowest BCUT2D eigenvalue weighted by Gasteiger charge is -2.34. The number of hydrogen-bond donors (Lipinski definition) is 2. The van der Waals surface area contributed by atoms with Gasteiger partial charge in [-0.3, -0.25) is 4.79 Å². The third-order valence-electron chi connectivity index (χ3n) is 6.03. The van der Waals surface area contributed by atoms with Crippen molar-refractivity contribution in [1.29, 1.82) is 0 Å². The van der Waals surface area contributed by atoms with Crippen LogP contribution in [0.5, 0.6) is 0 Å². The number of piperazine rings is 1. The van der Waals surface area contributed by atoms with E-state index >= 15 is 0 Å². The van der Waals surface area contributed by atoms with Gasteiger partial charge in [-0.15, -0.1) is 0 Å². The molecule has 136 valence electrons. The van der Waals surface area contributed by atoms with Crippen LogP contribution in [0.1, 0.15) is 18.1 Å². The molecule has 2 N–H and O–H groups in total. The molecule has 2 aromatic carbocycles. The fourth-order valence-electron chi connectivity index (χ4n) is 4.39. The zero-order valence-electron chi connectivity index (χ0n) is 15.6. The molecule has 26 heavy (non-hydrogen) atoms. The zero-order valence-corrected chi connectivity index (χ0v) is 15.6. The minimum Gasteiger partial charge on any atom is -0.322 e. The van der Waals surface area contributed by atoms with Crippen molar-refractivity contribution in [2.24, 2.45) is 0 Å². The van der Waals surface area contributed by atoms with Crippen LogP contribution in [0.15, 0.2) is 54.6 Å². The predicted molar refractivity (Wildman–Crippen MR) is 104 cm³/mol. The summed E-state index contributed by atoms with van der Waals surface area (Å²) in [6.07, 6.45) is 0.985. The molecule has 0 bridgehead atoms. The van der Waals surface area contributed by atoms with E-state index in [9.17, 15) is 4.79 Å². The molecular formula is C22H29N3O+2. The standard InChI is InChI=1S/C22H27N3O/c1-18(22(26)25-12-11-20-9-5-6-10-21(20)25)24-15-13-23(14-16-24)17-19-7-3-2-4-8-19/h2-10,18H,11-17H2,1H3/p+2/t18-/m0/s1. The maximum absolute atomic E-state index is 13.1. The molecule has 1 atom stereocenters. The molecule has 2 aromatic rings. The Kier molecular flexibility index (Phi) is 5.05. The number of hydrogen-bond acceptors (Lipinski definition) is 1. The maximum atomic E-state index is 13.1. The van der Waals surface area contributed by atoms with Gasteiger partial charge in [-0.1, -0.05) is 48.5 Å². The Morgan fingerprint density at radius 3 is 2.46 bits per heavy atom. The van der Waals surface area contributed by atoms with Gasteiger partial charge in [-0.25, -0.2) is 0 Å². The number of rotatable bonds is 4. The van der Waals surface area contributed by atoms with E-state index in [2.05, 4.69) is 55.5 Å². The highest BCUT2D eigenvalue weighted by Gasteiger charge is 2.35. The van der Waals surface area contributed by atoms with Gasteiger partial charge in [0.05, 0.1) is 0 Å². The lowest BCUT2D eigenvalue weighted by atomic mass is 10.1. The summed E-state index contributed by atoms with van der Waals surface area (Å²) in [7, 11) is 0. The number of fused-ring (bicyclic) bond motifs is 1. The number of benzene rings is 2. The molecule has 4 nitrogen and oxygen atoms in total. The molecule has 2 aliphatic rings. The first-order chi connectivity index (χ1) is 12.7. The smallest absolute Gasteiger partial charge is 0.284 e. The molecule has 4 rings (SSSR count). The minimum absolute atomic E-state index is 0.0411. The molecule has 1 saturated heterocycles. The first-order valence-corrected chi connectivity index (χ1v) is 9.84. The van der Waals surface area contributed by atoms with Crippen LogP contribution in [0.4, 0.5) is 5.69 Å². The Morgan fingerprint density at radius 1 is 1.00 bits per heavy atom. The number of quaternary nitrogens is 2. The van der Waals surface area contributed by atoms with E-state index in [0.29, 0.717) is 0 Å². The van der Waals surface area contributed by atoms with Gasteiger partial charge in [0.15, 0.2) is 6.04 Å². The topological polar surface area (TPSA) is 29.2 Å². The first-order valence-electron chi connectivity index (χ1n) is 9.84. The zero-order chi connectivity index (χ0) is 17.9. The average molecular weight is 351 g/mol. The minimum atomic E-state index is 0.0411. The summed E-state index contributed by atoms with van der Waals surface area (Å²) in [4.78, 5) is 18.2. The highest BCUT2D eigenvalue weighted by Crippen LogP contribution is 2.27. The van der Waals surface area contributed by atoms with E-state index in [1.54, 1.807) is 4.90 Å². The highest BCUT2D eigenvalue weighted by atomic mass is 16.2. The molecule has 4 heteroatoms. The molecule has 1 amide bonds. The molecule has 2 aliphatic heterocycles. The number of nitrogens with one attached hydrogen (secondary N) is 2. The van der Waals surface area contributed by atoms with E-state index in [-0.39, 0.29) is 11.9 Å². The van der Waals surface area contributed by atoms with Gasteiger partial charge in [0.25, 0.3) is 5.91 Å². The van der Waals surface area contributed by atoms with Gasteiger partial charge < -0.3 is 14.7 Å². The third-order valence-corrected chi connectivity index (χ3v) is 6.03. The van der Waals surface area contributed by atoms with Crippen molar-refractivity contribution in [1.82, 2.24) is 0 Å². The molecule has 0 radical (unpaired) electrons. The summed E-state index contributed by atoms with van der Waals surface area (Å²) in [5.74, 6) is 0.288. The van der Waals surface area contributed by atoms with Crippen molar-refractivity contribution in [3.8, 4) is 0 Å². The van der Waals surface area contributed by atoms with Crippen molar-refractivity contribution >= 4 is 11.6 Å². The third kappa shape index (κ3) is 3.53. The summed E-state index contributed by atoms with van der Waals surface area (Å²) in [5.41, 5.74) is 3.83. The maximum Gasteiger partial charge on any atom is 0.284 e. The number of anilines is 1. The number of nitrogens with zero attached hydrogens (tertiary/aromatic N) is 1. The first kappa shape index (κ1) is 17.3. The van der Waals surface area contributed by atoms with Crippen molar-refractivity contribution in [2.75, 3.05) is 37.6 Å². The number of carbonyl (C=O) groups is 1. The Morgan fingerprint density at radius 2 is 1.69 bits per heavy atom. The summed E-state index contributed by atoms with van der Waals surface area (Å²) < 4.78 is 0. The fourth-order valence-corrected chi connectivity index (χ4v) is 4.39. The number of para-hydroxylation sites is 1. The monoisotopic (exact) mass is 351 g/mol. The summed E-state index contributed by atoms with van der Waals surface area (Å²) in [6.45, 7) is 8.46. The van der Waals surface area contributed by atoms with Crippen LogP contribution in [0.3, 0.4) is 0 Å². The summed E-state index contributed by atoms with van der Waals surface area (Å²) in [5, 5.41) is 0. The average Bonchev–Trinajstić information content (AvgIpc) is 3.12. The largest absolute Gasteiger partial charge is 0.322 e. The van der Waals surface area contributed by atoms with Gasteiger partial charge in [0.1, 0.15) is 32.7 Å². The van der Waals surface area contributed by atoms with E-state index in [1.165, 1.54) is 16.0 Å². The second kappa shape index (κ2) is 7.60. The van der Waals surface area contributed by atoms with Crippen molar-refractivity contribution < 1.29 is 14.6 Å². The second-order valence-electron chi connectivity index (χ2n) is 7.66. The molecule has 0 spiro atoms. The Labute approximate surface area is 156 Å². The van der Waals surface area contributed by atoms with Crippen LogP contribution in [0, 0.1) is 0 Å². The van der Waals surface area contributed by atoms with Crippen LogP contribution in [0.2, 0.25) is 0 Å². The van der Waals surface area contributed by atoms with E-state index < -0.39 is 0 Å². The number of amides is 1. The molecule has 2 heterocycles. The molecule has 0 aromatic heterocycles. The van der Waals surface area contributed by atoms with Gasteiger partial charge in [0.2, 0.25) is 0 Å². The van der Waals surface area contributed by atoms with Crippen LogP contribution in [0.25, 0.3) is 0 Å².